The maximum absolute atomic E-state index is 5.46. The van der Waals surface area contributed by atoms with Gasteiger partial charge in [0.05, 0.1) is 6.61 Å². The van der Waals surface area contributed by atoms with Crippen LogP contribution in [-0.4, -0.2) is 26.3 Å². The highest BCUT2D eigenvalue weighted by Crippen LogP contribution is 2.20. The summed E-state index contributed by atoms with van der Waals surface area (Å²) < 4.78 is 5.46. The van der Waals surface area contributed by atoms with E-state index < -0.39 is 0 Å². The van der Waals surface area contributed by atoms with Gasteiger partial charge in [0.1, 0.15) is 0 Å². The van der Waals surface area contributed by atoms with E-state index in [0.717, 1.165) is 19.1 Å². The minimum atomic E-state index is 0.626. The van der Waals surface area contributed by atoms with E-state index in [1.807, 2.05) is 0 Å². The standard InChI is InChI=1S/C15H23NO/c1-16-15(14-10-11-17-12-14)9-5-8-13-6-3-2-4-7-13/h2-4,6-7,14-16H,5,8-12H2,1H3. The number of rotatable bonds is 6. The lowest BCUT2D eigenvalue weighted by molar-refractivity contribution is 0.176. The van der Waals surface area contributed by atoms with Gasteiger partial charge in [0.25, 0.3) is 0 Å². The highest BCUT2D eigenvalue weighted by molar-refractivity contribution is 5.14. The summed E-state index contributed by atoms with van der Waals surface area (Å²) in [7, 11) is 2.07. The normalized spacial score (nSPS) is 21.6. The monoisotopic (exact) mass is 233 g/mol. The Kier molecular flexibility index (Phi) is 5.02. The predicted molar refractivity (Wildman–Crippen MR) is 71.2 cm³/mol. The Bertz CT molecular complexity index is 306. The highest BCUT2D eigenvalue weighted by Gasteiger charge is 2.23. The molecule has 1 aliphatic heterocycles. The van der Waals surface area contributed by atoms with Gasteiger partial charge >= 0.3 is 0 Å². The van der Waals surface area contributed by atoms with Crippen LogP contribution in [0.1, 0.15) is 24.8 Å². The molecule has 0 spiro atoms. The van der Waals surface area contributed by atoms with Gasteiger partial charge in [-0.2, -0.15) is 0 Å². The molecule has 0 bridgehead atoms. The zero-order valence-corrected chi connectivity index (χ0v) is 10.7. The van der Waals surface area contributed by atoms with Crippen molar-refractivity contribution in [2.45, 2.75) is 31.7 Å². The number of hydrogen-bond donors (Lipinski definition) is 1. The molecule has 2 atom stereocenters. The Morgan fingerprint density at radius 1 is 1.35 bits per heavy atom. The van der Waals surface area contributed by atoms with Crippen molar-refractivity contribution in [1.29, 1.82) is 0 Å². The van der Waals surface area contributed by atoms with Crippen LogP contribution in [0, 0.1) is 5.92 Å². The van der Waals surface area contributed by atoms with Crippen LogP contribution in [0.3, 0.4) is 0 Å². The van der Waals surface area contributed by atoms with E-state index in [1.165, 1.54) is 31.2 Å². The van der Waals surface area contributed by atoms with Gasteiger partial charge < -0.3 is 10.1 Å². The van der Waals surface area contributed by atoms with E-state index in [9.17, 15) is 0 Å². The van der Waals surface area contributed by atoms with Gasteiger partial charge in [-0.05, 0) is 44.2 Å². The zero-order valence-electron chi connectivity index (χ0n) is 10.7. The van der Waals surface area contributed by atoms with Crippen molar-refractivity contribution in [3.8, 4) is 0 Å². The smallest absolute Gasteiger partial charge is 0.0509 e. The molecule has 1 aliphatic rings. The molecule has 0 radical (unpaired) electrons. The molecule has 1 saturated heterocycles. The lowest BCUT2D eigenvalue weighted by Crippen LogP contribution is -2.33. The molecule has 17 heavy (non-hydrogen) atoms. The Labute approximate surface area is 104 Å². The Balaban J connectivity index is 1.72. The van der Waals surface area contributed by atoms with Crippen LogP contribution < -0.4 is 5.32 Å². The van der Waals surface area contributed by atoms with E-state index in [0.29, 0.717) is 6.04 Å². The molecule has 1 aromatic carbocycles. The van der Waals surface area contributed by atoms with Crippen molar-refractivity contribution in [3.05, 3.63) is 35.9 Å². The SMILES string of the molecule is CNC(CCCc1ccccc1)C1CCOC1. The number of nitrogens with one attached hydrogen (secondary N) is 1. The molecule has 0 saturated carbocycles. The maximum Gasteiger partial charge on any atom is 0.0509 e. The van der Waals surface area contributed by atoms with E-state index in [1.54, 1.807) is 0 Å². The van der Waals surface area contributed by atoms with Gasteiger partial charge in [0.2, 0.25) is 0 Å². The lowest BCUT2D eigenvalue weighted by atomic mass is 9.93. The molecule has 1 N–H and O–H groups in total. The second-order valence-electron chi connectivity index (χ2n) is 4.90. The first kappa shape index (κ1) is 12.6. The largest absolute Gasteiger partial charge is 0.381 e. The number of ether oxygens (including phenoxy) is 1. The Morgan fingerprint density at radius 3 is 2.82 bits per heavy atom. The molecule has 94 valence electrons. The molecular weight excluding hydrogens is 210 g/mol. The average Bonchev–Trinajstić information content (AvgIpc) is 2.90. The minimum Gasteiger partial charge on any atom is -0.381 e. The molecule has 2 nitrogen and oxygen atoms in total. The first-order valence-corrected chi connectivity index (χ1v) is 6.69. The van der Waals surface area contributed by atoms with Crippen LogP contribution in [0.5, 0.6) is 0 Å². The van der Waals surface area contributed by atoms with Gasteiger partial charge in [-0.25, -0.2) is 0 Å². The highest BCUT2D eigenvalue weighted by atomic mass is 16.5. The van der Waals surface area contributed by atoms with Crippen LogP contribution in [0.15, 0.2) is 30.3 Å². The van der Waals surface area contributed by atoms with Crippen LogP contribution >= 0.6 is 0 Å². The molecule has 2 unspecified atom stereocenters. The fourth-order valence-electron chi connectivity index (χ4n) is 2.66. The summed E-state index contributed by atoms with van der Waals surface area (Å²) in [5, 5.41) is 3.45. The fraction of sp³-hybridized carbons (Fsp3) is 0.600. The van der Waals surface area contributed by atoms with Crippen molar-refractivity contribution in [1.82, 2.24) is 5.32 Å². The summed E-state index contributed by atoms with van der Waals surface area (Å²) in [5.41, 5.74) is 1.45. The van der Waals surface area contributed by atoms with E-state index >= 15 is 0 Å². The number of benzene rings is 1. The molecule has 1 fully saturated rings. The molecule has 0 aromatic heterocycles. The summed E-state index contributed by atoms with van der Waals surface area (Å²) in [6, 6.07) is 11.4. The number of hydrogen-bond acceptors (Lipinski definition) is 2. The van der Waals surface area contributed by atoms with Gasteiger partial charge in [0.15, 0.2) is 0 Å². The summed E-state index contributed by atoms with van der Waals surface area (Å²) in [6.45, 7) is 1.89. The summed E-state index contributed by atoms with van der Waals surface area (Å²) in [4.78, 5) is 0. The van der Waals surface area contributed by atoms with Crippen LogP contribution in [-0.2, 0) is 11.2 Å². The second-order valence-corrected chi connectivity index (χ2v) is 4.90. The van der Waals surface area contributed by atoms with Crippen LogP contribution in [0.25, 0.3) is 0 Å². The molecule has 2 heteroatoms. The lowest BCUT2D eigenvalue weighted by Gasteiger charge is -2.21. The number of aryl methyl sites for hydroxylation is 1. The summed E-state index contributed by atoms with van der Waals surface area (Å²) >= 11 is 0. The fourth-order valence-corrected chi connectivity index (χ4v) is 2.66. The van der Waals surface area contributed by atoms with Crippen LogP contribution in [0.4, 0.5) is 0 Å². The third kappa shape index (κ3) is 3.83. The van der Waals surface area contributed by atoms with Crippen molar-refractivity contribution in [2.24, 2.45) is 5.92 Å². The Morgan fingerprint density at radius 2 is 2.18 bits per heavy atom. The van der Waals surface area contributed by atoms with Gasteiger partial charge in [-0.1, -0.05) is 30.3 Å². The van der Waals surface area contributed by atoms with Crippen molar-refractivity contribution in [2.75, 3.05) is 20.3 Å². The minimum absolute atomic E-state index is 0.626. The van der Waals surface area contributed by atoms with Gasteiger partial charge in [-0.15, -0.1) is 0 Å². The third-order valence-corrected chi connectivity index (χ3v) is 3.73. The van der Waals surface area contributed by atoms with Gasteiger partial charge in [0, 0.05) is 12.6 Å². The topological polar surface area (TPSA) is 21.3 Å². The molecule has 1 heterocycles. The maximum atomic E-state index is 5.46. The summed E-state index contributed by atoms with van der Waals surface area (Å²) in [5.74, 6) is 0.718. The second kappa shape index (κ2) is 6.77. The molecule has 1 aromatic rings. The van der Waals surface area contributed by atoms with Crippen molar-refractivity contribution < 1.29 is 4.74 Å². The third-order valence-electron chi connectivity index (χ3n) is 3.73. The van der Waals surface area contributed by atoms with Crippen LogP contribution in [0.2, 0.25) is 0 Å². The molecule has 0 aliphatic carbocycles. The molecular formula is C15H23NO. The first-order valence-electron chi connectivity index (χ1n) is 6.69. The molecule has 0 amide bonds. The van der Waals surface area contributed by atoms with E-state index in [4.69, 9.17) is 4.74 Å². The van der Waals surface area contributed by atoms with Gasteiger partial charge in [-0.3, -0.25) is 0 Å². The summed E-state index contributed by atoms with van der Waals surface area (Å²) in [6.07, 6.45) is 4.91. The van der Waals surface area contributed by atoms with Crippen molar-refractivity contribution in [3.63, 3.8) is 0 Å². The van der Waals surface area contributed by atoms with E-state index in [2.05, 4.69) is 42.7 Å². The Hall–Kier alpha value is -0.860. The van der Waals surface area contributed by atoms with Crippen molar-refractivity contribution >= 4 is 0 Å². The predicted octanol–water partition coefficient (Wildman–Crippen LogP) is 2.63. The van der Waals surface area contributed by atoms with E-state index in [-0.39, 0.29) is 0 Å². The quantitative estimate of drug-likeness (QED) is 0.815. The zero-order chi connectivity index (χ0) is 11.9. The first-order chi connectivity index (χ1) is 8.40. The average molecular weight is 233 g/mol. The molecule has 2 rings (SSSR count).